The third-order valence-corrected chi connectivity index (χ3v) is 4.31. The maximum absolute atomic E-state index is 13.9. The third-order valence-electron chi connectivity index (χ3n) is 3.37. The van der Waals surface area contributed by atoms with Gasteiger partial charge in [-0.25, -0.2) is 9.18 Å². The fourth-order valence-corrected chi connectivity index (χ4v) is 2.54. The Kier molecular flexibility index (Phi) is 4.46. The average Bonchev–Trinajstić information content (AvgIpc) is 2.41. The van der Waals surface area contributed by atoms with Crippen molar-refractivity contribution >= 4 is 15.9 Å². The Morgan fingerprint density at radius 1 is 1.36 bits per heavy atom. The quantitative estimate of drug-likeness (QED) is 0.799. The van der Waals surface area contributed by atoms with Crippen LogP contribution in [0.3, 0.4) is 0 Å². The number of nitrogens with one attached hydrogen (secondary N) is 1. The Balaban J connectivity index is 2.55. The molecule has 0 aromatic carbocycles. The predicted molar refractivity (Wildman–Crippen MR) is 75.3 cm³/mol. The Bertz CT molecular complexity index is 787. The molecule has 0 bridgehead atoms. The smallest absolute Gasteiger partial charge is 0.292 e. The molecule has 120 valence electrons. The summed E-state index contributed by atoms with van der Waals surface area (Å²) in [5.74, 6) is -0.900. The molecule has 1 N–H and O–H groups in total. The summed E-state index contributed by atoms with van der Waals surface area (Å²) in [6.45, 7) is 0.788. The zero-order valence-electron chi connectivity index (χ0n) is 11.4. The second kappa shape index (κ2) is 5.86. The molecule has 1 aliphatic carbocycles. The summed E-state index contributed by atoms with van der Waals surface area (Å²) in [7, 11) is 0. The first kappa shape index (κ1) is 16.7. The largest absolute Gasteiger partial charge is 0.416 e. The van der Waals surface area contributed by atoms with Crippen molar-refractivity contribution in [1.29, 1.82) is 0 Å². The number of alkyl halides is 3. The number of nitrogens with zero attached hydrogens (tertiary/aromatic N) is 1. The molecule has 1 aromatic heterocycles. The van der Waals surface area contributed by atoms with Crippen LogP contribution in [0.5, 0.6) is 0 Å². The molecule has 22 heavy (non-hydrogen) atoms. The number of aromatic nitrogens is 2. The van der Waals surface area contributed by atoms with Gasteiger partial charge in [0.25, 0.3) is 5.56 Å². The zero-order chi connectivity index (χ0) is 16.7. The molecule has 4 nitrogen and oxygen atoms in total. The Morgan fingerprint density at radius 2 is 2.00 bits per heavy atom. The van der Waals surface area contributed by atoms with Gasteiger partial charge in [-0.05, 0) is 29.3 Å². The molecule has 0 amide bonds. The highest BCUT2D eigenvalue weighted by Crippen LogP contribution is 2.38. The standard InChI is InChI=1S/C13H11BrF4N2O2/c1-6-10(14)11(21)19-12(22)20(6)5-7-8(13(16,17)18)3-2-4-9(7)15/h3H,2,4-5H2,1H3,(H,19,21,22). The average molecular weight is 383 g/mol. The molecule has 1 aliphatic rings. The number of hydrogen-bond donors (Lipinski definition) is 1. The van der Waals surface area contributed by atoms with Gasteiger partial charge in [-0.1, -0.05) is 6.08 Å². The van der Waals surface area contributed by atoms with Crippen molar-refractivity contribution in [2.45, 2.75) is 32.5 Å². The number of H-pyrrole nitrogens is 1. The van der Waals surface area contributed by atoms with Gasteiger partial charge in [0.05, 0.1) is 12.1 Å². The first-order valence-corrected chi connectivity index (χ1v) is 7.06. The molecule has 9 heteroatoms. The van der Waals surface area contributed by atoms with Gasteiger partial charge in [0.1, 0.15) is 10.3 Å². The lowest BCUT2D eigenvalue weighted by atomic mass is 9.96. The van der Waals surface area contributed by atoms with Crippen LogP contribution < -0.4 is 11.2 Å². The van der Waals surface area contributed by atoms with E-state index >= 15 is 0 Å². The molecule has 0 aliphatic heterocycles. The highest BCUT2D eigenvalue weighted by molar-refractivity contribution is 9.10. The van der Waals surface area contributed by atoms with Gasteiger partial charge in [-0.2, -0.15) is 13.2 Å². The van der Waals surface area contributed by atoms with Crippen LogP contribution in [0.2, 0.25) is 0 Å². The highest BCUT2D eigenvalue weighted by Gasteiger charge is 2.38. The number of allylic oxidation sites excluding steroid dienone is 4. The van der Waals surface area contributed by atoms with Crippen molar-refractivity contribution in [2.75, 3.05) is 0 Å². The van der Waals surface area contributed by atoms with Gasteiger partial charge in [0.15, 0.2) is 0 Å². The lowest BCUT2D eigenvalue weighted by Crippen LogP contribution is -2.34. The monoisotopic (exact) mass is 382 g/mol. The fraction of sp³-hybridized carbons (Fsp3) is 0.385. The normalized spacial score (nSPS) is 16.0. The van der Waals surface area contributed by atoms with Gasteiger partial charge in [0, 0.05) is 17.7 Å². The lowest BCUT2D eigenvalue weighted by Gasteiger charge is -2.21. The topological polar surface area (TPSA) is 54.9 Å². The van der Waals surface area contributed by atoms with Crippen LogP contribution in [0.25, 0.3) is 0 Å². The molecule has 0 saturated heterocycles. The number of halogens is 5. The predicted octanol–water partition coefficient (Wildman–Crippen LogP) is 3.11. The molecular weight excluding hydrogens is 372 g/mol. The van der Waals surface area contributed by atoms with E-state index in [9.17, 15) is 27.2 Å². The van der Waals surface area contributed by atoms with Crippen LogP contribution >= 0.6 is 15.9 Å². The summed E-state index contributed by atoms with van der Waals surface area (Å²) >= 11 is 2.95. The highest BCUT2D eigenvalue weighted by atomic mass is 79.9. The van der Waals surface area contributed by atoms with Crippen molar-refractivity contribution in [2.24, 2.45) is 0 Å². The van der Waals surface area contributed by atoms with Gasteiger partial charge < -0.3 is 0 Å². The van der Waals surface area contributed by atoms with Crippen LogP contribution in [0.15, 0.2) is 37.1 Å². The van der Waals surface area contributed by atoms with Crippen molar-refractivity contribution in [3.8, 4) is 0 Å². The van der Waals surface area contributed by atoms with Gasteiger partial charge >= 0.3 is 11.9 Å². The van der Waals surface area contributed by atoms with Crippen LogP contribution in [-0.4, -0.2) is 15.7 Å². The van der Waals surface area contributed by atoms with Crippen LogP contribution in [0.1, 0.15) is 18.5 Å². The van der Waals surface area contributed by atoms with E-state index in [0.717, 1.165) is 10.6 Å². The van der Waals surface area contributed by atoms with Crippen molar-refractivity contribution in [1.82, 2.24) is 9.55 Å². The molecule has 1 heterocycles. The van der Waals surface area contributed by atoms with Crippen molar-refractivity contribution in [3.63, 3.8) is 0 Å². The lowest BCUT2D eigenvalue weighted by molar-refractivity contribution is -0.0904. The summed E-state index contributed by atoms with van der Waals surface area (Å²) in [5.41, 5.74) is -3.12. The number of hydrogen-bond acceptors (Lipinski definition) is 2. The van der Waals surface area contributed by atoms with E-state index in [4.69, 9.17) is 0 Å². The first-order valence-electron chi connectivity index (χ1n) is 6.27. The minimum atomic E-state index is -4.70. The molecule has 0 fully saturated rings. The Labute approximate surface area is 130 Å². The number of rotatable bonds is 2. The second-order valence-electron chi connectivity index (χ2n) is 4.78. The molecule has 0 radical (unpaired) electrons. The van der Waals surface area contributed by atoms with E-state index in [1.54, 1.807) is 0 Å². The molecule has 0 unspecified atom stereocenters. The van der Waals surface area contributed by atoms with Crippen LogP contribution in [0, 0.1) is 6.92 Å². The Hall–Kier alpha value is -1.64. The summed E-state index contributed by atoms with van der Waals surface area (Å²) in [5, 5.41) is 0. The molecule has 1 aromatic rings. The minimum absolute atomic E-state index is 0.0152. The molecular formula is C13H11BrF4N2O2. The van der Waals surface area contributed by atoms with E-state index in [0.29, 0.717) is 0 Å². The number of aromatic amines is 1. The van der Waals surface area contributed by atoms with E-state index in [2.05, 4.69) is 15.9 Å². The van der Waals surface area contributed by atoms with Gasteiger partial charge in [0.2, 0.25) is 0 Å². The summed E-state index contributed by atoms with van der Waals surface area (Å²) in [6.07, 6.45) is -3.98. The summed E-state index contributed by atoms with van der Waals surface area (Å²) in [6, 6.07) is 0. The van der Waals surface area contributed by atoms with E-state index < -0.39 is 40.9 Å². The maximum atomic E-state index is 13.9. The van der Waals surface area contributed by atoms with E-state index in [-0.39, 0.29) is 23.0 Å². The molecule has 0 saturated carbocycles. The summed E-state index contributed by atoms with van der Waals surface area (Å²) < 4.78 is 53.8. The maximum Gasteiger partial charge on any atom is 0.416 e. The van der Waals surface area contributed by atoms with Gasteiger partial charge in [-0.3, -0.25) is 14.3 Å². The second-order valence-corrected chi connectivity index (χ2v) is 5.58. The summed E-state index contributed by atoms with van der Waals surface area (Å²) in [4.78, 5) is 25.2. The van der Waals surface area contributed by atoms with Crippen LogP contribution in [-0.2, 0) is 6.54 Å². The van der Waals surface area contributed by atoms with Crippen molar-refractivity contribution in [3.05, 3.63) is 54.1 Å². The molecule has 0 atom stereocenters. The Morgan fingerprint density at radius 3 is 2.59 bits per heavy atom. The van der Waals surface area contributed by atoms with Crippen molar-refractivity contribution < 1.29 is 17.6 Å². The van der Waals surface area contributed by atoms with E-state index in [1.165, 1.54) is 6.92 Å². The SMILES string of the molecule is Cc1c(Br)c(=O)[nH]c(=O)n1CC1=C(F)CCC=C1C(F)(F)F. The third kappa shape index (κ3) is 3.08. The molecule has 2 rings (SSSR count). The zero-order valence-corrected chi connectivity index (χ0v) is 12.9. The minimum Gasteiger partial charge on any atom is -0.292 e. The first-order chi connectivity index (χ1) is 10.1. The fourth-order valence-electron chi connectivity index (χ4n) is 2.22. The molecule has 0 spiro atoms. The van der Waals surface area contributed by atoms with E-state index in [1.807, 2.05) is 4.98 Å². The van der Waals surface area contributed by atoms with Crippen LogP contribution in [0.4, 0.5) is 17.6 Å². The van der Waals surface area contributed by atoms with Gasteiger partial charge in [-0.15, -0.1) is 0 Å².